The minimum Gasteiger partial charge on any atom is -0.488 e. The molecule has 0 bridgehead atoms. The fraction of sp³-hybridized carbons (Fsp3) is 0.130. The highest BCUT2D eigenvalue weighted by molar-refractivity contribution is 6.00. The molecule has 3 aromatic carbocycles. The monoisotopic (exact) mass is 406 g/mol. The van der Waals surface area contributed by atoms with Crippen LogP contribution in [0.3, 0.4) is 0 Å². The Bertz CT molecular complexity index is 1070. The number of carbonyl (C=O) groups excluding carboxylic acids is 2. The highest BCUT2D eigenvalue weighted by Gasteiger charge is 2.21. The molecule has 1 heterocycles. The molecule has 1 aliphatic heterocycles. The van der Waals surface area contributed by atoms with Gasteiger partial charge in [0.2, 0.25) is 0 Å². The number of nitrogens with one attached hydrogen (secondary N) is 2. The largest absolute Gasteiger partial charge is 0.488 e. The number of amides is 2. The molecule has 0 saturated carbocycles. The van der Waals surface area contributed by atoms with Gasteiger partial charge in [0.05, 0.1) is 11.7 Å². The normalized spacial score (nSPS) is 13.4. The Morgan fingerprint density at radius 1 is 1.10 bits per heavy atom. The first-order chi connectivity index (χ1) is 14.6. The third kappa shape index (κ3) is 4.41. The minimum absolute atomic E-state index is 0.0431. The molecule has 6 nitrogen and oxygen atoms in total. The lowest BCUT2D eigenvalue weighted by atomic mass is 10.1. The second kappa shape index (κ2) is 8.65. The number of carbonyl (C=O) groups is 2. The van der Waals surface area contributed by atoms with Gasteiger partial charge in [-0.2, -0.15) is 0 Å². The summed E-state index contributed by atoms with van der Waals surface area (Å²) in [5, 5.41) is 5.60. The van der Waals surface area contributed by atoms with Crippen LogP contribution in [0.4, 0.5) is 10.1 Å². The van der Waals surface area contributed by atoms with E-state index in [4.69, 9.17) is 9.47 Å². The fourth-order valence-corrected chi connectivity index (χ4v) is 3.11. The summed E-state index contributed by atoms with van der Waals surface area (Å²) in [6.07, 6.45) is 0. The van der Waals surface area contributed by atoms with Crippen molar-refractivity contribution in [3.05, 3.63) is 89.7 Å². The first-order valence-electron chi connectivity index (χ1n) is 9.40. The summed E-state index contributed by atoms with van der Waals surface area (Å²) in [5.74, 6) is -0.486. The third-order valence-corrected chi connectivity index (χ3v) is 4.62. The van der Waals surface area contributed by atoms with Crippen LogP contribution in [0.5, 0.6) is 11.5 Å². The Hall–Kier alpha value is -3.87. The van der Waals surface area contributed by atoms with Crippen molar-refractivity contribution in [3.63, 3.8) is 0 Å². The molecule has 30 heavy (non-hydrogen) atoms. The average molecular weight is 406 g/mol. The van der Waals surface area contributed by atoms with Gasteiger partial charge in [0.15, 0.2) is 18.2 Å². The van der Waals surface area contributed by atoms with Crippen LogP contribution in [0.25, 0.3) is 0 Å². The molecule has 1 atom stereocenters. The molecule has 1 aliphatic rings. The van der Waals surface area contributed by atoms with E-state index >= 15 is 0 Å². The molecule has 0 radical (unpaired) electrons. The Balaban J connectivity index is 1.53. The van der Waals surface area contributed by atoms with E-state index in [0.717, 1.165) is 5.56 Å². The van der Waals surface area contributed by atoms with Gasteiger partial charge in [-0.05, 0) is 35.9 Å². The van der Waals surface area contributed by atoms with Gasteiger partial charge in [0.25, 0.3) is 11.8 Å². The molecule has 1 unspecified atom stereocenters. The molecule has 152 valence electrons. The van der Waals surface area contributed by atoms with E-state index in [1.165, 1.54) is 12.1 Å². The lowest BCUT2D eigenvalue weighted by Gasteiger charge is -2.21. The van der Waals surface area contributed by atoms with E-state index < -0.39 is 11.9 Å². The van der Waals surface area contributed by atoms with Crippen LogP contribution >= 0.6 is 0 Å². The highest BCUT2D eigenvalue weighted by atomic mass is 19.1. The van der Waals surface area contributed by atoms with Crippen molar-refractivity contribution >= 4 is 17.5 Å². The van der Waals surface area contributed by atoms with Gasteiger partial charge >= 0.3 is 0 Å². The first-order valence-corrected chi connectivity index (χ1v) is 9.40. The van der Waals surface area contributed by atoms with Crippen LogP contribution in [0, 0.1) is 5.82 Å². The maximum Gasteiger partial charge on any atom is 0.262 e. The van der Waals surface area contributed by atoms with Crippen LogP contribution in [0.1, 0.15) is 22.0 Å². The van der Waals surface area contributed by atoms with Crippen molar-refractivity contribution in [1.82, 2.24) is 5.32 Å². The second-order valence-corrected chi connectivity index (χ2v) is 6.73. The van der Waals surface area contributed by atoms with Crippen molar-refractivity contribution in [2.24, 2.45) is 0 Å². The van der Waals surface area contributed by atoms with Crippen molar-refractivity contribution in [1.29, 1.82) is 0 Å². The first kappa shape index (κ1) is 19.4. The number of rotatable bonds is 6. The lowest BCUT2D eigenvalue weighted by Crippen LogP contribution is -2.33. The van der Waals surface area contributed by atoms with Crippen molar-refractivity contribution < 1.29 is 23.5 Å². The van der Waals surface area contributed by atoms with Crippen LogP contribution in [0.2, 0.25) is 0 Å². The van der Waals surface area contributed by atoms with Crippen LogP contribution in [0.15, 0.2) is 72.8 Å². The van der Waals surface area contributed by atoms with Crippen LogP contribution in [-0.4, -0.2) is 25.0 Å². The van der Waals surface area contributed by atoms with E-state index in [-0.39, 0.29) is 30.8 Å². The van der Waals surface area contributed by atoms with E-state index in [0.29, 0.717) is 17.0 Å². The number of benzene rings is 3. The predicted octanol–water partition coefficient (Wildman–Crippen LogP) is 3.71. The van der Waals surface area contributed by atoms with Gasteiger partial charge in [-0.1, -0.05) is 42.5 Å². The van der Waals surface area contributed by atoms with Crippen LogP contribution in [-0.2, 0) is 4.79 Å². The summed E-state index contributed by atoms with van der Waals surface area (Å²) in [6.45, 7) is -0.0104. The summed E-state index contributed by atoms with van der Waals surface area (Å²) in [6, 6.07) is 19.7. The van der Waals surface area contributed by atoms with Gasteiger partial charge in [0.1, 0.15) is 12.4 Å². The number of anilines is 1. The van der Waals surface area contributed by atoms with E-state index in [2.05, 4.69) is 10.6 Å². The minimum atomic E-state index is -0.514. The van der Waals surface area contributed by atoms with Gasteiger partial charge in [0, 0.05) is 5.56 Å². The molecule has 0 spiro atoms. The molecule has 0 saturated heterocycles. The molecule has 0 aromatic heterocycles. The summed E-state index contributed by atoms with van der Waals surface area (Å²) < 4.78 is 24.9. The van der Waals surface area contributed by atoms with Crippen LogP contribution < -0.4 is 20.1 Å². The number of halogens is 1. The zero-order chi connectivity index (χ0) is 20.9. The topological polar surface area (TPSA) is 76.7 Å². The van der Waals surface area contributed by atoms with Gasteiger partial charge in [-0.3, -0.25) is 9.59 Å². The van der Waals surface area contributed by atoms with E-state index in [9.17, 15) is 14.0 Å². The van der Waals surface area contributed by atoms with Gasteiger partial charge in [-0.25, -0.2) is 4.39 Å². The number of ether oxygens (including phenoxy) is 2. The Labute approximate surface area is 172 Å². The molecule has 2 N–H and O–H groups in total. The molecule has 0 aliphatic carbocycles. The highest BCUT2D eigenvalue weighted by Crippen LogP contribution is 2.29. The van der Waals surface area contributed by atoms with Crippen molar-refractivity contribution in [3.8, 4) is 11.5 Å². The fourth-order valence-electron chi connectivity index (χ4n) is 3.11. The maximum atomic E-state index is 13.9. The molecule has 7 heteroatoms. The van der Waals surface area contributed by atoms with Crippen molar-refractivity contribution in [2.45, 2.75) is 6.04 Å². The van der Waals surface area contributed by atoms with E-state index in [1.54, 1.807) is 30.3 Å². The quantitative estimate of drug-likeness (QED) is 0.654. The molecular weight excluding hydrogens is 387 g/mol. The average Bonchev–Trinajstić information content (AvgIpc) is 2.77. The molecule has 4 rings (SSSR count). The summed E-state index contributed by atoms with van der Waals surface area (Å²) in [5.41, 5.74) is 1.61. The van der Waals surface area contributed by atoms with E-state index in [1.807, 2.05) is 30.3 Å². The molecule has 3 aromatic rings. The second-order valence-electron chi connectivity index (χ2n) is 6.73. The smallest absolute Gasteiger partial charge is 0.262 e. The van der Waals surface area contributed by atoms with Gasteiger partial charge in [-0.15, -0.1) is 0 Å². The Morgan fingerprint density at radius 2 is 1.87 bits per heavy atom. The Morgan fingerprint density at radius 3 is 2.67 bits per heavy atom. The molecule has 0 fully saturated rings. The lowest BCUT2D eigenvalue weighted by molar-refractivity contribution is -0.118. The van der Waals surface area contributed by atoms with Gasteiger partial charge < -0.3 is 20.1 Å². The zero-order valence-corrected chi connectivity index (χ0v) is 15.9. The zero-order valence-electron chi connectivity index (χ0n) is 15.9. The number of hydrogen-bond acceptors (Lipinski definition) is 4. The number of fused-ring (bicyclic) bond motifs is 1. The number of para-hydroxylation sites is 1. The maximum absolute atomic E-state index is 13.9. The third-order valence-electron chi connectivity index (χ3n) is 4.62. The predicted molar refractivity (Wildman–Crippen MR) is 109 cm³/mol. The van der Waals surface area contributed by atoms with Crippen molar-refractivity contribution in [2.75, 3.05) is 18.5 Å². The summed E-state index contributed by atoms with van der Waals surface area (Å²) >= 11 is 0. The summed E-state index contributed by atoms with van der Waals surface area (Å²) in [7, 11) is 0. The number of hydrogen-bond donors (Lipinski definition) is 2. The standard InChI is InChI=1S/C23H19FN2O4/c24-17-8-4-5-9-20(17)29-13-19(15-6-2-1-3-7-15)26-23(28)16-10-11-21-18(12-16)25-22(27)14-30-21/h1-12,19H,13-14H2,(H,25,27)(H,26,28). The molecular formula is C23H19FN2O4. The molecule has 2 amide bonds. The SMILES string of the molecule is O=C1COc2ccc(C(=O)NC(COc3ccccc3F)c3ccccc3)cc2N1. The summed E-state index contributed by atoms with van der Waals surface area (Å²) in [4.78, 5) is 24.4. The Kier molecular flexibility index (Phi) is 5.61.